The molecule has 196 valence electrons. The predicted molar refractivity (Wildman–Crippen MR) is 163 cm³/mol. The largest absolute Gasteiger partial charge is 0.340 e. The first-order valence-corrected chi connectivity index (χ1v) is 14.1. The van der Waals surface area contributed by atoms with E-state index in [1.54, 1.807) is 0 Å². The van der Waals surface area contributed by atoms with E-state index in [0.717, 1.165) is 59.7 Å². The summed E-state index contributed by atoms with van der Waals surface area (Å²) in [5, 5.41) is 13.7. The summed E-state index contributed by atoms with van der Waals surface area (Å²) in [5.41, 5.74) is 4.62. The minimum Gasteiger partial charge on any atom is -0.340 e. The first kappa shape index (κ1) is 24.2. The number of hydrogen-bond donors (Lipinski definition) is 2. The van der Waals surface area contributed by atoms with Crippen LogP contribution in [0.4, 0.5) is 11.5 Å². The van der Waals surface area contributed by atoms with Gasteiger partial charge in [0.15, 0.2) is 17.3 Å². The molecule has 0 fully saturated rings. The molecule has 0 saturated heterocycles. The highest BCUT2D eigenvalue weighted by atomic mass is 32.1. The number of thiophene rings is 1. The molecule has 3 aromatic carbocycles. The van der Waals surface area contributed by atoms with Gasteiger partial charge < -0.3 is 9.88 Å². The monoisotopic (exact) mass is 542 g/mol. The Hall–Kier alpha value is -4.82. The number of nitrogens with zero attached hydrogens (tertiary/aromatic N) is 4. The molecule has 4 heterocycles. The lowest BCUT2D eigenvalue weighted by molar-refractivity contribution is 0.0972. The van der Waals surface area contributed by atoms with Crippen molar-refractivity contribution in [3.8, 4) is 17.1 Å². The molecule has 0 saturated carbocycles. The molecule has 0 aliphatic rings. The summed E-state index contributed by atoms with van der Waals surface area (Å²) in [6.45, 7) is 4.14. The fourth-order valence-electron chi connectivity index (χ4n) is 4.97. The summed E-state index contributed by atoms with van der Waals surface area (Å²) < 4.78 is 3.13. The summed E-state index contributed by atoms with van der Waals surface area (Å²) in [4.78, 5) is 23.6. The quantitative estimate of drug-likeness (QED) is 0.198. The van der Waals surface area contributed by atoms with E-state index in [1.165, 1.54) is 11.3 Å². The molecule has 2 N–H and O–H groups in total. The van der Waals surface area contributed by atoms with E-state index in [-0.39, 0.29) is 5.78 Å². The standard InChI is InChI=1S/C32H26N6OS/c1-19(2)14-27(39)29-16-20-8-9-21(17-28(20)40-29)30-35-31(34-23-10-11-26-22(15-23)18-33-37-26)25-12-13-38(32(25)36-30)24-6-4-3-5-7-24/h3-13,15-19H,14H2,1-2H3,(H,33,37)(H,34,35,36). The third-order valence-corrected chi connectivity index (χ3v) is 8.07. The Morgan fingerprint density at radius 3 is 2.70 bits per heavy atom. The Kier molecular flexibility index (Phi) is 5.90. The average Bonchev–Trinajstić information content (AvgIpc) is 3.70. The molecule has 8 heteroatoms. The van der Waals surface area contributed by atoms with Crippen LogP contribution in [-0.2, 0) is 0 Å². The highest BCUT2D eigenvalue weighted by Gasteiger charge is 2.17. The molecule has 0 aliphatic carbocycles. The van der Waals surface area contributed by atoms with Crippen LogP contribution in [0.15, 0.2) is 91.3 Å². The van der Waals surface area contributed by atoms with Crippen LogP contribution in [0, 0.1) is 5.92 Å². The molecule has 7 aromatic rings. The number of aromatic amines is 1. The van der Waals surface area contributed by atoms with Gasteiger partial charge in [0.25, 0.3) is 0 Å². The number of H-pyrrole nitrogens is 1. The fourth-order valence-corrected chi connectivity index (χ4v) is 6.02. The van der Waals surface area contributed by atoms with Gasteiger partial charge in [-0.15, -0.1) is 11.3 Å². The number of carbonyl (C=O) groups is 1. The first-order chi connectivity index (χ1) is 19.5. The number of aromatic nitrogens is 5. The minimum atomic E-state index is 0.192. The van der Waals surface area contributed by atoms with E-state index in [4.69, 9.17) is 9.97 Å². The van der Waals surface area contributed by atoms with Crippen molar-refractivity contribution in [1.29, 1.82) is 0 Å². The zero-order valence-corrected chi connectivity index (χ0v) is 22.9. The molecule has 0 atom stereocenters. The summed E-state index contributed by atoms with van der Waals surface area (Å²) in [6, 6.07) is 26.4. The highest BCUT2D eigenvalue weighted by Crippen LogP contribution is 2.34. The molecule has 0 unspecified atom stereocenters. The number of anilines is 2. The third-order valence-electron chi connectivity index (χ3n) is 6.93. The SMILES string of the molecule is CC(C)CC(=O)c1cc2ccc(-c3nc(Nc4ccc5[nH]ncc5c4)c4ccn(-c5ccccc5)c4n3)cc2s1. The molecular formula is C32H26N6OS. The van der Waals surface area contributed by atoms with Gasteiger partial charge in [-0.3, -0.25) is 9.89 Å². The molecule has 7 rings (SSSR count). The van der Waals surface area contributed by atoms with Gasteiger partial charge in [0, 0.05) is 39.6 Å². The van der Waals surface area contributed by atoms with E-state index in [9.17, 15) is 4.79 Å². The van der Waals surface area contributed by atoms with Gasteiger partial charge in [0.05, 0.1) is 22.0 Å². The zero-order chi connectivity index (χ0) is 27.2. The Balaban J connectivity index is 1.36. The molecule has 0 radical (unpaired) electrons. The summed E-state index contributed by atoms with van der Waals surface area (Å²) >= 11 is 1.54. The fraction of sp³-hybridized carbons (Fsp3) is 0.125. The van der Waals surface area contributed by atoms with Gasteiger partial charge in [0.1, 0.15) is 5.82 Å². The lowest BCUT2D eigenvalue weighted by Crippen LogP contribution is -2.01. The Morgan fingerprint density at radius 1 is 0.975 bits per heavy atom. The maximum absolute atomic E-state index is 12.7. The van der Waals surface area contributed by atoms with Crippen molar-refractivity contribution < 1.29 is 4.79 Å². The van der Waals surface area contributed by atoms with Crippen LogP contribution in [0.5, 0.6) is 0 Å². The summed E-state index contributed by atoms with van der Waals surface area (Å²) in [6.07, 6.45) is 4.39. The number of nitrogens with one attached hydrogen (secondary N) is 2. The van der Waals surface area contributed by atoms with Gasteiger partial charge in [-0.05, 0) is 59.8 Å². The average molecular weight is 543 g/mol. The van der Waals surface area contributed by atoms with Crippen LogP contribution in [-0.4, -0.2) is 30.5 Å². The number of fused-ring (bicyclic) bond motifs is 3. The van der Waals surface area contributed by atoms with Gasteiger partial charge in [0.2, 0.25) is 0 Å². The Bertz CT molecular complexity index is 2020. The second-order valence-electron chi connectivity index (χ2n) is 10.3. The van der Waals surface area contributed by atoms with Crippen LogP contribution in [0.1, 0.15) is 29.9 Å². The summed E-state index contributed by atoms with van der Waals surface area (Å²) in [5.74, 6) is 1.85. The van der Waals surface area contributed by atoms with E-state index >= 15 is 0 Å². The first-order valence-electron chi connectivity index (χ1n) is 13.2. The van der Waals surface area contributed by atoms with Crippen LogP contribution in [0.25, 0.3) is 49.1 Å². The topological polar surface area (TPSA) is 88.5 Å². The van der Waals surface area contributed by atoms with Gasteiger partial charge in [-0.25, -0.2) is 9.97 Å². The molecule has 0 amide bonds. The van der Waals surface area contributed by atoms with Crippen LogP contribution in [0.3, 0.4) is 0 Å². The molecule has 40 heavy (non-hydrogen) atoms. The highest BCUT2D eigenvalue weighted by molar-refractivity contribution is 7.20. The maximum atomic E-state index is 12.7. The van der Waals surface area contributed by atoms with E-state index in [1.807, 2.05) is 67.0 Å². The number of benzene rings is 3. The maximum Gasteiger partial charge on any atom is 0.173 e. The second kappa shape index (κ2) is 9.73. The van der Waals surface area contributed by atoms with Crippen molar-refractivity contribution in [3.63, 3.8) is 0 Å². The summed E-state index contributed by atoms with van der Waals surface area (Å²) in [7, 11) is 0. The molecule has 0 spiro atoms. The lowest BCUT2D eigenvalue weighted by atomic mass is 10.1. The molecular weight excluding hydrogens is 516 g/mol. The number of rotatable bonds is 7. The van der Waals surface area contributed by atoms with Crippen molar-refractivity contribution >= 4 is 60.6 Å². The number of ketones is 1. The Morgan fingerprint density at radius 2 is 1.85 bits per heavy atom. The lowest BCUT2D eigenvalue weighted by Gasteiger charge is -2.11. The normalized spacial score (nSPS) is 11.7. The van der Waals surface area contributed by atoms with Crippen LogP contribution < -0.4 is 5.32 Å². The number of para-hydroxylation sites is 1. The van der Waals surface area contributed by atoms with E-state index < -0.39 is 0 Å². The second-order valence-corrected chi connectivity index (χ2v) is 11.4. The van der Waals surface area contributed by atoms with Crippen molar-refractivity contribution in [2.24, 2.45) is 5.92 Å². The number of Topliss-reactive ketones (excluding diaryl/α,β-unsaturated/α-hetero) is 1. The predicted octanol–water partition coefficient (Wildman–Crippen LogP) is 8.15. The Labute approximate surface area is 234 Å². The molecule has 0 aliphatic heterocycles. The zero-order valence-electron chi connectivity index (χ0n) is 22.1. The van der Waals surface area contributed by atoms with Crippen LogP contribution in [0.2, 0.25) is 0 Å². The number of carbonyl (C=O) groups excluding carboxylic acids is 1. The molecule has 4 aromatic heterocycles. The third kappa shape index (κ3) is 4.42. The van der Waals surface area contributed by atoms with Gasteiger partial charge in [-0.1, -0.05) is 44.2 Å². The van der Waals surface area contributed by atoms with Crippen molar-refractivity contribution in [2.45, 2.75) is 20.3 Å². The van der Waals surface area contributed by atoms with Gasteiger partial charge >= 0.3 is 0 Å². The van der Waals surface area contributed by atoms with Crippen molar-refractivity contribution in [1.82, 2.24) is 24.7 Å². The van der Waals surface area contributed by atoms with E-state index in [2.05, 4.69) is 58.2 Å². The van der Waals surface area contributed by atoms with Crippen molar-refractivity contribution in [2.75, 3.05) is 5.32 Å². The molecule has 0 bridgehead atoms. The smallest absolute Gasteiger partial charge is 0.173 e. The number of hydrogen-bond acceptors (Lipinski definition) is 6. The minimum absolute atomic E-state index is 0.192. The molecule has 7 nitrogen and oxygen atoms in total. The van der Waals surface area contributed by atoms with E-state index in [0.29, 0.717) is 18.2 Å². The van der Waals surface area contributed by atoms with Crippen molar-refractivity contribution in [3.05, 3.63) is 96.1 Å². The van der Waals surface area contributed by atoms with Gasteiger partial charge in [-0.2, -0.15) is 5.10 Å². The van der Waals surface area contributed by atoms with Crippen LogP contribution >= 0.6 is 11.3 Å².